The fraction of sp³-hybridized carbons (Fsp3) is 0.895. The van der Waals surface area contributed by atoms with Gasteiger partial charge in [0.05, 0.1) is 6.04 Å². The van der Waals surface area contributed by atoms with Gasteiger partial charge in [-0.3, -0.25) is 10.3 Å². The van der Waals surface area contributed by atoms with Crippen LogP contribution in [0, 0.1) is 5.92 Å². The van der Waals surface area contributed by atoms with Gasteiger partial charge in [-0.1, -0.05) is 25.7 Å². The van der Waals surface area contributed by atoms with Gasteiger partial charge in [0.1, 0.15) is 11.4 Å². The van der Waals surface area contributed by atoms with Crippen LogP contribution in [0.25, 0.3) is 0 Å². The van der Waals surface area contributed by atoms with E-state index in [9.17, 15) is 4.79 Å². The van der Waals surface area contributed by atoms with Crippen LogP contribution in [-0.2, 0) is 0 Å². The number of rotatable bonds is 3. The van der Waals surface area contributed by atoms with Gasteiger partial charge in [0.15, 0.2) is 0 Å². The fourth-order valence-corrected chi connectivity index (χ4v) is 5.01. The van der Waals surface area contributed by atoms with Crippen molar-refractivity contribution in [3.8, 4) is 0 Å². The molecule has 2 saturated heterocycles. The molecule has 2 heterocycles. The number of aliphatic imine (C=N–C) groups is 1. The van der Waals surface area contributed by atoms with Crippen LogP contribution >= 0.6 is 0 Å². The number of carbonyl (C=O) groups excluding carboxylic acids is 1. The molecule has 2 amide bonds. The summed E-state index contributed by atoms with van der Waals surface area (Å²) in [6, 6.07) is 0.956. The second-order valence-corrected chi connectivity index (χ2v) is 8.45. The van der Waals surface area contributed by atoms with Gasteiger partial charge in [-0.25, -0.2) is 4.79 Å². The molecule has 2 atom stereocenters. The summed E-state index contributed by atoms with van der Waals surface area (Å²) in [7, 11) is 0. The largest absolute Gasteiger partial charge is 0.323 e. The SMILES string of the molecule is CC1CC2(CCN1)C(=NC1CCCCC1)NC(=O)N2CC1CCC1. The molecule has 1 spiro atoms. The predicted molar refractivity (Wildman–Crippen MR) is 96.3 cm³/mol. The number of amidine groups is 1. The normalized spacial score (nSPS) is 37.0. The van der Waals surface area contributed by atoms with Crippen LogP contribution < -0.4 is 10.6 Å². The van der Waals surface area contributed by atoms with E-state index in [4.69, 9.17) is 4.99 Å². The molecule has 0 bridgehead atoms. The monoisotopic (exact) mass is 332 g/mol. The maximum atomic E-state index is 12.8. The average molecular weight is 332 g/mol. The molecule has 4 fully saturated rings. The lowest BCUT2D eigenvalue weighted by Crippen LogP contribution is -2.59. The molecule has 5 heteroatoms. The van der Waals surface area contributed by atoms with Crippen molar-refractivity contribution in [2.75, 3.05) is 13.1 Å². The van der Waals surface area contributed by atoms with Crippen molar-refractivity contribution < 1.29 is 4.79 Å². The van der Waals surface area contributed by atoms with Gasteiger partial charge in [-0.05, 0) is 57.9 Å². The van der Waals surface area contributed by atoms with Crippen LogP contribution in [0.1, 0.15) is 71.1 Å². The van der Waals surface area contributed by atoms with Gasteiger partial charge in [-0.15, -0.1) is 0 Å². The topological polar surface area (TPSA) is 56.7 Å². The number of nitrogens with zero attached hydrogens (tertiary/aromatic N) is 2. The lowest BCUT2D eigenvalue weighted by Gasteiger charge is -2.45. The van der Waals surface area contributed by atoms with E-state index in [1.54, 1.807) is 0 Å². The molecule has 2 aliphatic carbocycles. The Kier molecular flexibility index (Phi) is 4.54. The summed E-state index contributed by atoms with van der Waals surface area (Å²) >= 11 is 0. The molecule has 2 aliphatic heterocycles. The lowest BCUT2D eigenvalue weighted by atomic mass is 9.80. The molecule has 4 aliphatic rings. The van der Waals surface area contributed by atoms with E-state index in [-0.39, 0.29) is 11.6 Å². The molecule has 0 aromatic heterocycles. The Morgan fingerprint density at radius 2 is 1.96 bits per heavy atom. The highest BCUT2D eigenvalue weighted by Gasteiger charge is 2.53. The van der Waals surface area contributed by atoms with Crippen LogP contribution in [-0.4, -0.2) is 47.5 Å². The Labute approximate surface area is 145 Å². The standard InChI is InChI=1S/C19H32N4O/c1-14-12-19(10-11-20-14)17(21-16-8-3-2-4-9-16)22-18(24)23(19)13-15-6-5-7-15/h14-16,20H,2-13H2,1H3,(H,21,22,24). The van der Waals surface area contributed by atoms with Gasteiger partial charge < -0.3 is 10.2 Å². The van der Waals surface area contributed by atoms with E-state index in [0.29, 0.717) is 18.0 Å². The Balaban J connectivity index is 1.61. The van der Waals surface area contributed by atoms with E-state index in [2.05, 4.69) is 22.5 Å². The Morgan fingerprint density at radius 3 is 2.62 bits per heavy atom. The maximum Gasteiger partial charge on any atom is 0.323 e. The third-order valence-corrected chi connectivity index (χ3v) is 6.66. The van der Waals surface area contributed by atoms with Gasteiger partial charge in [0.25, 0.3) is 0 Å². The van der Waals surface area contributed by atoms with Crippen molar-refractivity contribution in [1.82, 2.24) is 15.5 Å². The Bertz CT molecular complexity index is 509. The third-order valence-electron chi connectivity index (χ3n) is 6.66. The van der Waals surface area contributed by atoms with E-state index < -0.39 is 0 Å². The minimum Gasteiger partial charge on any atom is -0.314 e. The zero-order valence-electron chi connectivity index (χ0n) is 15.0. The van der Waals surface area contributed by atoms with Crippen LogP contribution in [0.5, 0.6) is 0 Å². The summed E-state index contributed by atoms with van der Waals surface area (Å²) in [5.74, 6) is 1.69. The molecular formula is C19H32N4O. The smallest absolute Gasteiger partial charge is 0.314 e. The second-order valence-electron chi connectivity index (χ2n) is 8.45. The number of hydrogen-bond donors (Lipinski definition) is 2. The van der Waals surface area contributed by atoms with Crippen molar-refractivity contribution in [3.05, 3.63) is 0 Å². The Morgan fingerprint density at radius 1 is 1.17 bits per heavy atom. The fourth-order valence-electron chi connectivity index (χ4n) is 5.01. The lowest BCUT2D eigenvalue weighted by molar-refractivity contribution is 0.107. The number of nitrogens with one attached hydrogen (secondary N) is 2. The molecular weight excluding hydrogens is 300 g/mol. The van der Waals surface area contributed by atoms with Crippen LogP contribution in [0.2, 0.25) is 0 Å². The first-order chi connectivity index (χ1) is 11.7. The highest BCUT2D eigenvalue weighted by Crippen LogP contribution is 2.38. The highest BCUT2D eigenvalue weighted by atomic mass is 16.2. The first-order valence-corrected chi connectivity index (χ1v) is 10.1. The summed E-state index contributed by atoms with van der Waals surface area (Å²) in [6.07, 6.45) is 12.2. The molecule has 5 nitrogen and oxygen atoms in total. The van der Waals surface area contributed by atoms with E-state index in [0.717, 1.165) is 31.8 Å². The average Bonchev–Trinajstić information content (AvgIpc) is 2.76. The van der Waals surface area contributed by atoms with E-state index >= 15 is 0 Å². The van der Waals surface area contributed by atoms with Crippen LogP contribution in [0.15, 0.2) is 4.99 Å². The van der Waals surface area contributed by atoms with Crippen molar-refractivity contribution in [2.24, 2.45) is 10.9 Å². The number of carbonyl (C=O) groups is 1. The summed E-state index contributed by atoms with van der Waals surface area (Å²) in [6.45, 7) is 4.13. The van der Waals surface area contributed by atoms with Gasteiger partial charge >= 0.3 is 6.03 Å². The summed E-state index contributed by atoms with van der Waals surface area (Å²) in [5, 5.41) is 6.75. The van der Waals surface area contributed by atoms with E-state index in [1.807, 2.05) is 0 Å². The molecule has 0 aromatic carbocycles. The predicted octanol–water partition coefficient (Wildman–Crippen LogP) is 3.05. The summed E-state index contributed by atoms with van der Waals surface area (Å²) < 4.78 is 0. The van der Waals surface area contributed by atoms with Crippen molar-refractivity contribution in [1.29, 1.82) is 0 Å². The Hall–Kier alpha value is -1.10. The van der Waals surface area contributed by atoms with Gasteiger partial charge in [-0.2, -0.15) is 0 Å². The van der Waals surface area contributed by atoms with Gasteiger partial charge in [0, 0.05) is 12.6 Å². The number of hydrogen-bond acceptors (Lipinski definition) is 3. The molecule has 0 radical (unpaired) electrons. The first kappa shape index (κ1) is 16.4. The molecule has 134 valence electrons. The quantitative estimate of drug-likeness (QED) is 0.834. The van der Waals surface area contributed by atoms with Crippen LogP contribution in [0.3, 0.4) is 0 Å². The van der Waals surface area contributed by atoms with Crippen molar-refractivity contribution in [2.45, 2.75) is 88.8 Å². The molecule has 4 rings (SSSR count). The summed E-state index contributed by atoms with van der Waals surface area (Å²) in [5.41, 5.74) is -0.172. The van der Waals surface area contributed by atoms with E-state index in [1.165, 1.54) is 51.4 Å². The first-order valence-electron chi connectivity index (χ1n) is 10.1. The zero-order valence-corrected chi connectivity index (χ0v) is 15.0. The van der Waals surface area contributed by atoms with Gasteiger partial charge in [0.2, 0.25) is 0 Å². The molecule has 2 saturated carbocycles. The number of amides is 2. The molecule has 0 aromatic rings. The van der Waals surface area contributed by atoms with Crippen molar-refractivity contribution >= 4 is 11.9 Å². The van der Waals surface area contributed by atoms with Crippen LogP contribution in [0.4, 0.5) is 4.79 Å². The molecule has 24 heavy (non-hydrogen) atoms. The highest BCUT2D eigenvalue weighted by molar-refractivity contribution is 6.10. The van der Waals surface area contributed by atoms with Crippen molar-refractivity contribution in [3.63, 3.8) is 0 Å². The molecule has 2 N–H and O–H groups in total. The second kappa shape index (κ2) is 6.66. The molecule has 2 unspecified atom stereocenters. The number of urea groups is 1. The summed E-state index contributed by atoms with van der Waals surface area (Å²) in [4.78, 5) is 20.1. The minimum atomic E-state index is -0.172. The minimum absolute atomic E-state index is 0.102. The number of piperidine rings is 1. The zero-order chi connectivity index (χ0) is 16.6. The third kappa shape index (κ3) is 2.96. The maximum absolute atomic E-state index is 12.8.